The zero-order valence-electron chi connectivity index (χ0n) is 10.9. The monoisotopic (exact) mass is 271 g/mol. The van der Waals surface area contributed by atoms with Gasteiger partial charge in [0.15, 0.2) is 0 Å². The zero-order chi connectivity index (χ0) is 14.5. The molecule has 0 saturated heterocycles. The van der Waals surface area contributed by atoms with Crippen LogP contribution in [0.15, 0.2) is 48.5 Å². The van der Waals surface area contributed by atoms with Gasteiger partial charge in [0.05, 0.1) is 6.04 Å². The highest BCUT2D eigenvalue weighted by molar-refractivity contribution is 5.94. The largest absolute Gasteiger partial charge is 0.508 e. The second kappa shape index (κ2) is 6.08. The number of hydrogen-bond donors (Lipinski definition) is 4. The first-order valence-electron chi connectivity index (χ1n) is 6.24. The third-order valence-corrected chi connectivity index (χ3v) is 2.91. The summed E-state index contributed by atoms with van der Waals surface area (Å²) >= 11 is 0. The molecule has 0 radical (unpaired) electrons. The average Bonchev–Trinajstić information content (AvgIpc) is 2.44. The first-order valence-corrected chi connectivity index (χ1v) is 6.24. The molecule has 0 aliphatic rings. The molecule has 5 heteroatoms. The van der Waals surface area contributed by atoms with Gasteiger partial charge in [0.1, 0.15) is 5.75 Å². The van der Waals surface area contributed by atoms with E-state index in [-0.39, 0.29) is 11.7 Å². The minimum absolute atomic E-state index is 0.189. The summed E-state index contributed by atoms with van der Waals surface area (Å²) in [6.07, 6.45) is 0.404. The highest BCUT2D eigenvalue weighted by atomic mass is 16.3. The lowest BCUT2D eigenvalue weighted by molar-refractivity contribution is -0.117. The van der Waals surface area contributed by atoms with Gasteiger partial charge in [-0.1, -0.05) is 12.1 Å². The van der Waals surface area contributed by atoms with Crippen molar-refractivity contribution in [2.24, 2.45) is 5.73 Å². The summed E-state index contributed by atoms with van der Waals surface area (Å²) in [6, 6.07) is 12.8. The second-order valence-corrected chi connectivity index (χ2v) is 4.59. The molecule has 0 spiro atoms. The van der Waals surface area contributed by atoms with Crippen molar-refractivity contribution in [2.75, 3.05) is 11.1 Å². The van der Waals surface area contributed by atoms with Gasteiger partial charge < -0.3 is 21.9 Å². The number of nitrogen functional groups attached to an aromatic ring is 1. The van der Waals surface area contributed by atoms with Crippen molar-refractivity contribution in [1.82, 2.24) is 0 Å². The van der Waals surface area contributed by atoms with Crippen LogP contribution in [0.25, 0.3) is 0 Å². The van der Waals surface area contributed by atoms with Crippen molar-refractivity contribution in [2.45, 2.75) is 12.5 Å². The molecule has 0 heterocycles. The van der Waals surface area contributed by atoms with Crippen LogP contribution in [-0.2, 0) is 11.2 Å². The van der Waals surface area contributed by atoms with E-state index in [9.17, 15) is 9.90 Å². The summed E-state index contributed by atoms with van der Waals surface area (Å²) in [5, 5.41) is 11.9. The maximum Gasteiger partial charge on any atom is 0.241 e. The number of hydrogen-bond acceptors (Lipinski definition) is 4. The number of rotatable bonds is 4. The highest BCUT2D eigenvalue weighted by Gasteiger charge is 2.14. The predicted octanol–water partition coefficient (Wildman–Crippen LogP) is 1.48. The highest BCUT2D eigenvalue weighted by Crippen LogP contribution is 2.13. The molecule has 0 aromatic heterocycles. The molecule has 1 amide bonds. The fraction of sp³-hybridized carbons (Fsp3) is 0.133. The summed E-state index contributed by atoms with van der Waals surface area (Å²) in [6.45, 7) is 0. The fourth-order valence-corrected chi connectivity index (χ4v) is 1.78. The Morgan fingerprint density at radius 3 is 2.30 bits per heavy atom. The number of carbonyl (C=O) groups is 1. The van der Waals surface area contributed by atoms with Gasteiger partial charge in [-0.15, -0.1) is 0 Å². The van der Waals surface area contributed by atoms with E-state index in [4.69, 9.17) is 11.5 Å². The van der Waals surface area contributed by atoms with E-state index in [1.807, 2.05) is 0 Å². The number of benzene rings is 2. The van der Waals surface area contributed by atoms with Crippen LogP contribution in [-0.4, -0.2) is 17.1 Å². The van der Waals surface area contributed by atoms with Crippen LogP contribution in [0.4, 0.5) is 11.4 Å². The molecule has 0 saturated carbocycles. The third kappa shape index (κ3) is 3.73. The van der Waals surface area contributed by atoms with Gasteiger partial charge in [-0.05, 0) is 48.4 Å². The number of nitrogens with one attached hydrogen (secondary N) is 1. The van der Waals surface area contributed by atoms with E-state index >= 15 is 0 Å². The van der Waals surface area contributed by atoms with Crippen LogP contribution in [0.5, 0.6) is 5.75 Å². The molecule has 0 bridgehead atoms. The Morgan fingerprint density at radius 2 is 1.70 bits per heavy atom. The van der Waals surface area contributed by atoms with Gasteiger partial charge in [0.25, 0.3) is 0 Å². The van der Waals surface area contributed by atoms with Crippen molar-refractivity contribution in [3.63, 3.8) is 0 Å². The lowest BCUT2D eigenvalue weighted by Crippen LogP contribution is -2.37. The number of phenolic OH excluding ortho intramolecular Hbond substituents is 1. The van der Waals surface area contributed by atoms with E-state index in [1.54, 1.807) is 48.5 Å². The minimum Gasteiger partial charge on any atom is -0.508 e. The van der Waals surface area contributed by atoms with Crippen LogP contribution in [0.1, 0.15) is 5.56 Å². The molecule has 2 aromatic carbocycles. The molecule has 2 aromatic rings. The number of nitrogens with two attached hydrogens (primary N) is 2. The first kappa shape index (κ1) is 13.9. The summed E-state index contributed by atoms with van der Waals surface area (Å²) in [4.78, 5) is 12.0. The molecular weight excluding hydrogens is 254 g/mol. The smallest absolute Gasteiger partial charge is 0.241 e. The molecule has 1 atom stereocenters. The Kier molecular flexibility index (Phi) is 4.22. The summed E-state index contributed by atoms with van der Waals surface area (Å²) in [7, 11) is 0. The van der Waals surface area contributed by atoms with Gasteiger partial charge in [0.2, 0.25) is 5.91 Å². The van der Waals surface area contributed by atoms with Crippen LogP contribution in [0.3, 0.4) is 0 Å². The molecule has 0 aliphatic carbocycles. The van der Waals surface area contributed by atoms with Crippen molar-refractivity contribution in [3.8, 4) is 5.75 Å². The lowest BCUT2D eigenvalue weighted by atomic mass is 10.1. The Bertz CT molecular complexity index is 579. The lowest BCUT2D eigenvalue weighted by Gasteiger charge is -2.12. The van der Waals surface area contributed by atoms with Crippen molar-refractivity contribution < 1.29 is 9.90 Å². The summed E-state index contributed by atoms with van der Waals surface area (Å²) in [5.41, 5.74) is 13.6. The Labute approximate surface area is 117 Å². The van der Waals surface area contributed by atoms with E-state index in [0.29, 0.717) is 17.8 Å². The Morgan fingerprint density at radius 1 is 1.10 bits per heavy atom. The molecule has 20 heavy (non-hydrogen) atoms. The van der Waals surface area contributed by atoms with Crippen LogP contribution in [0.2, 0.25) is 0 Å². The molecule has 2 rings (SSSR count). The fourth-order valence-electron chi connectivity index (χ4n) is 1.78. The number of anilines is 2. The maximum atomic E-state index is 12.0. The van der Waals surface area contributed by atoms with Crippen LogP contribution >= 0.6 is 0 Å². The van der Waals surface area contributed by atoms with Gasteiger partial charge in [-0.3, -0.25) is 4.79 Å². The number of amides is 1. The maximum absolute atomic E-state index is 12.0. The normalized spacial score (nSPS) is 11.8. The van der Waals surface area contributed by atoms with E-state index in [2.05, 4.69) is 5.32 Å². The first-order chi connectivity index (χ1) is 9.54. The van der Waals surface area contributed by atoms with Crippen LogP contribution < -0.4 is 16.8 Å². The summed E-state index contributed by atoms with van der Waals surface area (Å²) in [5.74, 6) is -0.0727. The van der Waals surface area contributed by atoms with E-state index < -0.39 is 6.04 Å². The van der Waals surface area contributed by atoms with E-state index in [1.165, 1.54) is 0 Å². The zero-order valence-corrected chi connectivity index (χ0v) is 10.9. The molecule has 0 aliphatic heterocycles. The number of phenols is 1. The van der Waals surface area contributed by atoms with Gasteiger partial charge in [-0.2, -0.15) is 0 Å². The number of aromatic hydroxyl groups is 1. The molecule has 6 N–H and O–H groups in total. The average molecular weight is 271 g/mol. The standard InChI is InChI=1S/C15H17N3O2/c16-11-3-5-12(6-4-11)18-15(20)14(17)9-10-1-7-13(19)8-2-10/h1-8,14,19H,9,16-17H2,(H,18,20)/t14-/m0/s1. The Hall–Kier alpha value is -2.53. The van der Waals surface area contributed by atoms with E-state index in [0.717, 1.165) is 5.56 Å². The van der Waals surface area contributed by atoms with Gasteiger partial charge in [0, 0.05) is 11.4 Å². The van der Waals surface area contributed by atoms with Gasteiger partial charge in [-0.25, -0.2) is 0 Å². The van der Waals surface area contributed by atoms with Crippen molar-refractivity contribution in [3.05, 3.63) is 54.1 Å². The minimum atomic E-state index is -0.655. The molecule has 5 nitrogen and oxygen atoms in total. The molecular formula is C15H17N3O2. The quantitative estimate of drug-likeness (QED) is 0.633. The van der Waals surface area contributed by atoms with Gasteiger partial charge >= 0.3 is 0 Å². The topological polar surface area (TPSA) is 101 Å². The SMILES string of the molecule is Nc1ccc(NC(=O)[C@@H](N)Cc2ccc(O)cc2)cc1. The van der Waals surface area contributed by atoms with Crippen LogP contribution in [0, 0.1) is 0 Å². The Balaban J connectivity index is 1.94. The summed E-state index contributed by atoms with van der Waals surface area (Å²) < 4.78 is 0. The van der Waals surface area contributed by atoms with Crippen molar-refractivity contribution >= 4 is 17.3 Å². The number of carbonyl (C=O) groups excluding carboxylic acids is 1. The molecule has 0 unspecified atom stereocenters. The third-order valence-electron chi connectivity index (χ3n) is 2.91. The second-order valence-electron chi connectivity index (χ2n) is 4.59. The molecule has 104 valence electrons. The van der Waals surface area contributed by atoms with Crippen molar-refractivity contribution in [1.29, 1.82) is 0 Å². The predicted molar refractivity (Wildman–Crippen MR) is 79.3 cm³/mol. The molecule has 0 fully saturated rings.